The lowest BCUT2D eigenvalue weighted by molar-refractivity contribution is -0.141. The SMILES string of the molecule is Cc1occc1SCC[C@@H]1CCOC1=O. The highest BCUT2D eigenvalue weighted by molar-refractivity contribution is 7.99. The van der Waals surface area contributed by atoms with Gasteiger partial charge in [-0.2, -0.15) is 0 Å². The lowest BCUT2D eigenvalue weighted by Crippen LogP contribution is -2.08. The summed E-state index contributed by atoms with van der Waals surface area (Å²) in [5.74, 6) is 1.98. The highest BCUT2D eigenvalue weighted by atomic mass is 32.2. The molecule has 0 saturated carbocycles. The molecule has 0 spiro atoms. The van der Waals surface area contributed by atoms with Crippen molar-refractivity contribution >= 4 is 17.7 Å². The summed E-state index contributed by atoms with van der Waals surface area (Å²) >= 11 is 1.74. The number of rotatable bonds is 4. The second-order valence-electron chi connectivity index (χ2n) is 3.63. The van der Waals surface area contributed by atoms with Crippen molar-refractivity contribution in [2.45, 2.75) is 24.7 Å². The van der Waals surface area contributed by atoms with E-state index in [0.717, 1.165) is 24.4 Å². The average Bonchev–Trinajstić information content (AvgIpc) is 2.78. The third kappa shape index (κ3) is 2.56. The zero-order valence-electron chi connectivity index (χ0n) is 8.69. The number of furan rings is 1. The van der Waals surface area contributed by atoms with Crippen molar-refractivity contribution in [3.05, 3.63) is 18.1 Å². The van der Waals surface area contributed by atoms with Gasteiger partial charge in [-0.3, -0.25) is 4.79 Å². The number of carbonyl (C=O) groups is 1. The first-order valence-electron chi connectivity index (χ1n) is 5.11. The summed E-state index contributed by atoms with van der Waals surface area (Å²) in [6.07, 6.45) is 3.47. The van der Waals surface area contributed by atoms with Gasteiger partial charge in [0.1, 0.15) is 5.76 Å². The smallest absolute Gasteiger partial charge is 0.309 e. The largest absolute Gasteiger partial charge is 0.468 e. The minimum Gasteiger partial charge on any atom is -0.468 e. The quantitative estimate of drug-likeness (QED) is 0.584. The van der Waals surface area contributed by atoms with Gasteiger partial charge in [0.25, 0.3) is 0 Å². The van der Waals surface area contributed by atoms with Crippen molar-refractivity contribution in [3.63, 3.8) is 0 Å². The van der Waals surface area contributed by atoms with Gasteiger partial charge in [0.15, 0.2) is 0 Å². The first kappa shape index (κ1) is 10.6. The van der Waals surface area contributed by atoms with Crippen LogP contribution in [-0.4, -0.2) is 18.3 Å². The Morgan fingerprint density at radius 1 is 1.60 bits per heavy atom. The van der Waals surface area contributed by atoms with E-state index in [1.54, 1.807) is 18.0 Å². The Morgan fingerprint density at radius 3 is 3.07 bits per heavy atom. The molecule has 0 amide bonds. The van der Waals surface area contributed by atoms with E-state index in [9.17, 15) is 4.79 Å². The summed E-state index contributed by atoms with van der Waals surface area (Å²) in [4.78, 5) is 12.4. The Balaban J connectivity index is 1.75. The molecule has 1 aliphatic heterocycles. The van der Waals surface area contributed by atoms with Crippen LogP contribution in [0.15, 0.2) is 21.6 Å². The van der Waals surface area contributed by atoms with Crippen molar-refractivity contribution in [2.75, 3.05) is 12.4 Å². The van der Waals surface area contributed by atoms with Crippen LogP contribution in [0.25, 0.3) is 0 Å². The summed E-state index contributed by atoms with van der Waals surface area (Å²) < 4.78 is 10.1. The van der Waals surface area contributed by atoms with Gasteiger partial charge in [0.2, 0.25) is 0 Å². The zero-order chi connectivity index (χ0) is 10.7. The number of hydrogen-bond donors (Lipinski definition) is 0. The van der Waals surface area contributed by atoms with Gasteiger partial charge in [-0.1, -0.05) is 0 Å². The molecule has 0 aliphatic carbocycles. The summed E-state index contributed by atoms with van der Waals surface area (Å²) in [5, 5.41) is 0. The highest BCUT2D eigenvalue weighted by Gasteiger charge is 2.25. The minimum absolute atomic E-state index is 0.0282. The molecule has 0 bridgehead atoms. The molecule has 1 fully saturated rings. The second-order valence-corrected chi connectivity index (χ2v) is 4.77. The predicted octanol–water partition coefficient (Wildman–Crippen LogP) is 2.63. The molecule has 1 aliphatic rings. The van der Waals surface area contributed by atoms with Gasteiger partial charge in [0.05, 0.1) is 18.8 Å². The molecule has 82 valence electrons. The predicted molar refractivity (Wildman–Crippen MR) is 57.9 cm³/mol. The minimum atomic E-state index is -0.0282. The molecule has 0 N–H and O–H groups in total. The molecule has 4 heteroatoms. The molecule has 1 aromatic rings. The standard InChI is InChI=1S/C11H14O3S/c1-8-10(3-6-13-8)15-7-4-9-2-5-14-11(9)12/h3,6,9H,2,4-5,7H2,1H3/t9-/m0/s1. The summed E-state index contributed by atoms with van der Waals surface area (Å²) in [7, 11) is 0. The molecule has 15 heavy (non-hydrogen) atoms. The van der Waals surface area contributed by atoms with Gasteiger partial charge in [-0.25, -0.2) is 0 Å². The van der Waals surface area contributed by atoms with Crippen LogP contribution in [0.1, 0.15) is 18.6 Å². The van der Waals surface area contributed by atoms with Gasteiger partial charge >= 0.3 is 5.97 Å². The maximum Gasteiger partial charge on any atom is 0.309 e. The number of aryl methyl sites for hydroxylation is 1. The molecular weight excluding hydrogens is 212 g/mol. The molecule has 0 unspecified atom stereocenters. The Kier molecular flexibility index (Phi) is 3.36. The van der Waals surface area contributed by atoms with Crippen LogP contribution in [0.5, 0.6) is 0 Å². The normalized spacial score (nSPS) is 20.6. The Labute approximate surface area is 93.2 Å². The number of thioether (sulfide) groups is 1. The maximum atomic E-state index is 11.2. The van der Waals surface area contributed by atoms with Gasteiger partial charge in [-0.15, -0.1) is 11.8 Å². The maximum absolute atomic E-state index is 11.2. The number of cyclic esters (lactones) is 1. The lowest BCUT2D eigenvalue weighted by Gasteiger charge is -2.03. The number of esters is 1. The molecule has 0 aromatic carbocycles. The summed E-state index contributed by atoms with van der Waals surface area (Å²) in [6.45, 7) is 2.55. The van der Waals surface area contributed by atoms with E-state index in [1.165, 1.54) is 4.90 Å². The van der Waals surface area contributed by atoms with E-state index in [0.29, 0.717) is 6.61 Å². The Hall–Kier alpha value is -0.900. The van der Waals surface area contributed by atoms with Crippen LogP contribution >= 0.6 is 11.8 Å². The van der Waals surface area contributed by atoms with Crippen molar-refractivity contribution in [1.82, 2.24) is 0 Å². The number of carbonyl (C=O) groups excluding carboxylic acids is 1. The highest BCUT2D eigenvalue weighted by Crippen LogP contribution is 2.27. The zero-order valence-corrected chi connectivity index (χ0v) is 9.51. The molecule has 3 nitrogen and oxygen atoms in total. The fourth-order valence-corrected chi connectivity index (χ4v) is 2.66. The fourth-order valence-electron chi connectivity index (χ4n) is 1.63. The van der Waals surface area contributed by atoms with E-state index in [2.05, 4.69) is 0 Å². The van der Waals surface area contributed by atoms with Crippen molar-refractivity contribution in [1.29, 1.82) is 0 Å². The van der Waals surface area contributed by atoms with Crippen molar-refractivity contribution < 1.29 is 13.9 Å². The molecule has 2 heterocycles. The molecule has 1 saturated heterocycles. The van der Waals surface area contributed by atoms with Gasteiger partial charge in [0, 0.05) is 4.90 Å². The Morgan fingerprint density at radius 2 is 2.47 bits per heavy atom. The van der Waals surface area contributed by atoms with E-state index < -0.39 is 0 Å². The monoisotopic (exact) mass is 226 g/mol. The van der Waals surface area contributed by atoms with Gasteiger partial charge < -0.3 is 9.15 Å². The van der Waals surface area contributed by atoms with Gasteiger partial charge in [-0.05, 0) is 31.6 Å². The first-order chi connectivity index (χ1) is 7.27. The summed E-state index contributed by atoms with van der Waals surface area (Å²) in [6, 6.07) is 1.97. The van der Waals surface area contributed by atoms with E-state index in [1.807, 2.05) is 13.0 Å². The van der Waals surface area contributed by atoms with E-state index >= 15 is 0 Å². The van der Waals surface area contributed by atoms with Crippen LogP contribution < -0.4 is 0 Å². The lowest BCUT2D eigenvalue weighted by atomic mass is 10.1. The van der Waals surface area contributed by atoms with Crippen LogP contribution in [0.4, 0.5) is 0 Å². The molecule has 1 atom stereocenters. The van der Waals surface area contributed by atoms with E-state index in [-0.39, 0.29) is 11.9 Å². The topological polar surface area (TPSA) is 39.4 Å². The molecule has 2 rings (SSSR count). The molecule has 1 aromatic heterocycles. The van der Waals surface area contributed by atoms with Crippen LogP contribution in [0.2, 0.25) is 0 Å². The third-order valence-electron chi connectivity index (χ3n) is 2.58. The van der Waals surface area contributed by atoms with Crippen molar-refractivity contribution in [2.24, 2.45) is 5.92 Å². The summed E-state index contributed by atoms with van der Waals surface area (Å²) in [5.41, 5.74) is 0. The Bertz CT molecular complexity index is 345. The first-order valence-corrected chi connectivity index (χ1v) is 6.09. The van der Waals surface area contributed by atoms with E-state index in [4.69, 9.17) is 9.15 Å². The third-order valence-corrected chi connectivity index (χ3v) is 3.75. The van der Waals surface area contributed by atoms with Crippen LogP contribution in [0, 0.1) is 12.8 Å². The average molecular weight is 226 g/mol. The molecule has 0 radical (unpaired) electrons. The number of hydrogen-bond acceptors (Lipinski definition) is 4. The van der Waals surface area contributed by atoms with Crippen LogP contribution in [-0.2, 0) is 9.53 Å². The fraction of sp³-hybridized carbons (Fsp3) is 0.545. The van der Waals surface area contributed by atoms with Crippen molar-refractivity contribution in [3.8, 4) is 0 Å². The number of ether oxygens (including phenoxy) is 1. The van der Waals surface area contributed by atoms with Crippen LogP contribution in [0.3, 0.4) is 0 Å². The molecular formula is C11H14O3S. The second kappa shape index (κ2) is 4.75.